The van der Waals surface area contributed by atoms with Gasteiger partial charge in [0.1, 0.15) is 0 Å². The smallest absolute Gasteiger partial charge is 0.160 e. The maximum Gasteiger partial charge on any atom is 0.160 e. The maximum atomic E-state index is 11.5. The lowest BCUT2D eigenvalue weighted by Gasteiger charge is -2.30. The molecule has 0 radical (unpaired) electrons. The lowest BCUT2D eigenvalue weighted by molar-refractivity contribution is -0.117. The van der Waals surface area contributed by atoms with Crippen LogP contribution < -0.4 is 0 Å². The number of Topliss-reactive ketones (excluding diaryl/α,β-unsaturated/α-hetero) is 1. The van der Waals surface area contributed by atoms with Gasteiger partial charge >= 0.3 is 0 Å². The van der Waals surface area contributed by atoms with Crippen LogP contribution in [0.5, 0.6) is 0 Å². The molecule has 0 spiro atoms. The molecule has 0 aliphatic heterocycles. The van der Waals surface area contributed by atoms with Crippen molar-refractivity contribution in [3.63, 3.8) is 0 Å². The minimum atomic E-state index is 0.301. The van der Waals surface area contributed by atoms with Gasteiger partial charge in [-0.2, -0.15) is 0 Å². The standard InChI is InChI=1S/C11H19NO/c1-11(2)6-5-10(13)9(7-11)8-12(3)4/h8H,5-7H2,1-4H3. The molecule has 1 rings (SSSR count). The molecule has 2 nitrogen and oxygen atoms in total. The Morgan fingerprint density at radius 2 is 2.00 bits per heavy atom. The minimum absolute atomic E-state index is 0.301. The van der Waals surface area contributed by atoms with Crippen molar-refractivity contribution in [1.82, 2.24) is 4.90 Å². The van der Waals surface area contributed by atoms with Gasteiger partial charge < -0.3 is 4.90 Å². The molecule has 2 heteroatoms. The number of nitrogens with zero attached hydrogens (tertiary/aromatic N) is 1. The summed E-state index contributed by atoms with van der Waals surface area (Å²) in [7, 11) is 3.92. The highest BCUT2D eigenvalue weighted by atomic mass is 16.1. The van der Waals surface area contributed by atoms with E-state index in [2.05, 4.69) is 13.8 Å². The summed E-state index contributed by atoms with van der Waals surface area (Å²) in [6.45, 7) is 4.45. The van der Waals surface area contributed by atoms with Gasteiger partial charge in [0.25, 0.3) is 0 Å². The molecule has 0 aromatic rings. The molecule has 0 amide bonds. The summed E-state index contributed by atoms with van der Waals surface area (Å²) in [6.07, 6.45) is 4.62. The van der Waals surface area contributed by atoms with E-state index in [0.29, 0.717) is 17.6 Å². The predicted molar refractivity (Wildman–Crippen MR) is 54.4 cm³/mol. The van der Waals surface area contributed by atoms with Crippen molar-refractivity contribution < 1.29 is 4.79 Å². The first-order valence-corrected chi connectivity index (χ1v) is 4.81. The fourth-order valence-electron chi connectivity index (χ4n) is 1.74. The lowest BCUT2D eigenvalue weighted by atomic mass is 9.75. The largest absolute Gasteiger partial charge is 0.383 e. The van der Waals surface area contributed by atoms with Gasteiger partial charge in [-0.1, -0.05) is 13.8 Å². The van der Waals surface area contributed by atoms with Gasteiger partial charge in [0.2, 0.25) is 0 Å². The van der Waals surface area contributed by atoms with E-state index in [9.17, 15) is 4.79 Å². The van der Waals surface area contributed by atoms with Gasteiger partial charge in [0, 0.05) is 32.3 Å². The molecule has 13 heavy (non-hydrogen) atoms. The van der Waals surface area contributed by atoms with E-state index >= 15 is 0 Å². The van der Waals surface area contributed by atoms with Crippen molar-refractivity contribution in [2.45, 2.75) is 33.1 Å². The van der Waals surface area contributed by atoms with Crippen LogP contribution in [-0.2, 0) is 4.79 Å². The zero-order valence-electron chi connectivity index (χ0n) is 9.05. The minimum Gasteiger partial charge on any atom is -0.383 e. The normalized spacial score (nSPS) is 24.9. The number of ketones is 1. The van der Waals surface area contributed by atoms with E-state index in [-0.39, 0.29) is 0 Å². The van der Waals surface area contributed by atoms with Crippen LogP contribution in [0.15, 0.2) is 11.8 Å². The summed E-state index contributed by atoms with van der Waals surface area (Å²) in [6, 6.07) is 0. The summed E-state index contributed by atoms with van der Waals surface area (Å²) in [5, 5.41) is 0. The number of rotatable bonds is 1. The van der Waals surface area contributed by atoms with E-state index in [1.807, 2.05) is 25.2 Å². The van der Waals surface area contributed by atoms with Crippen LogP contribution in [0.1, 0.15) is 33.1 Å². The highest BCUT2D eigenvalue weighted by molar-refractivity contribution is 5.96. The molecule has 1 aliphatic carbocycles. The molecule has 0 heterocycles. The van der Waals surface area contributed by atoms with Crippen molar-refractivity contribution in [3.8, 4) is 0 Å². The summed E-state index contributed by atoms with van der Waals surface area (Å²) in [5.41, 5.74) is 1.29. The Hall–Kier alpha value is -0.790. The van der Waals surface area contributed by atoms with E-state index in [4.69, 9.17) is 0 Å². The van der Waals surface area contributed by atoms with Crippen LogP contribution in [0.3, 0.4) is 0 Å². The predicted octanol–water partition coefficient (Wildman–Crippen LogP) is 2.21. The monoisotopic (exact) mass is 181 g/mol. The Morgan fingerprint density at radius 3 is 2.54 bits per heavy atom. The van der Waals surface area contributed by atoms with E-state index in [0.717, 1.165) is 18.4 Å². The molecule has 1 aliphatic rings. The van der Waals surface area contributed by atoms with Crippen LogP contribution in [0.4, 0.5) is 0 Å². The molecule has 0 atom stereocenters. The molecular weight excluding hydrogens is 162 g/mol. The number of hydrogen-bond acceptors (Lipinski definition) is 2. The summed E-state index contributed by atoms with van der Waals surface area (Å²) >= 11 is 0. The average Bonchev–Trinajstić information content (AvgIpc) is 1.95. The Kier molecular flexibility index (Phi) is 2.79. The number of allylic oxidation sites excluding steroid dienone is 1. The Balaban J connectivity index is 2.77. The third kappa shape index (κ3) is 2.87. The van der Waals surface area contributed by atoms with Crippen LogP contribution in [0.25, 0.3) is 0 Å². The SMILES string of the molecule is CN(C)C=C1CC(C)(C)CCC1=O. The van der Waals surface area contributed by atoms with E-state index in [1.165, 1.54) is 0 Å². The molecule has 0 unspecified atom stereocenters. The molecule has 0 bridgehead atoms. The fourth-order valence-corrected chi connectivity index (χ4v) is 1.74. The second kappa shape index (κ2) is 3.52. The van der Waals surface area contributed by atoms with Crippen LogP contribution >= 0.6 is 0 Å². The molecule has 1 fully saturated rings. The first-order valence-electron chi connectivity index (χ1n) is 4.81. The molecule has 0 saturated heterocycles. The van der Waals surface area contributed by atoms with Crippen LogP contribution in [0, 0.1) is 5.41 Å². The summed E-state index contributed by atoms with van der Waals surface area (Å²) in [5.74, 6) is 0.327. The third-order valence-corrected chi connectivity index (χ3v) is 2.47. The van der Waals surface area contributed by atoms with Crippen LogP contribution in [-0.4, -0.2) is 24.8 Å². The van der Waals surface area contributed by atoms with Gasteiger partial charge in [-0.05, 0) is 18.3 Å². The topological polar surface area (TPSA) is 20.3 Å². The molecular formula is C11H19NO. The zero-order valence-corrected chi connectivity index (χ0v) is 9.05. The number of carbonyl (C=O) groups is 1. The average molecular weight is 181 g/mol. The van der Waals surface area contributed by atoms with Gasteiger partial charge in [-0.3, -0.25) is 4.79 Å². The second-order valence-electron chi connectivity index (χ2n) is 4.88. The second-order valence-corrected chi connectivity index (χ2v) is 4.88. The molecule has 0 N–H and O–H groups in total. The maximum absolute atomic E-state index is 11.5. The molecule has 74 valence electrons. The Morgan fingerprint density at radius 1 is 1.38 bits per heavy atom. The van der Waals surface area contributed by atoms with Gasteiger partial charge in [0.05, 0.1) is 0 Å². The van der Waals surface area contributed by atoms with Gasteiger partial charge in [0.15, 0.2) is 5.78 Å². The molecule has 0 aromatic heterocycles. The van der Waals surface area contributed by atoms with Gasteiger partial charge in [-0.15, -0.1) is 0 Å². The number of hydrogen-bond donors (Lipinski definition) is 0. The van der Waals surface area contributed by atoms with Crippen molar-refractivity contribution in [2.24, 2.45) is 5.41 Å². The Bertz CT molecular complexity index is 238. The van der Waals surface area contributed by atoms with Crippen molar-refractivity contribution in [1.29, 1.82) is 0 Å². The van der Waals surface area contributed by atoms with E-state index in [1.54, 1.807) is 0 Å². The van der Waals surface area contributed by atoms with Crippen LogP contribution in [0.2, 0.25) is 0 Å². The first-order chi connectivity index (χ1) is 5.91. The van der Waals surface area contributed by atoms with E-state index < -0.39 is 0 Å². The van der Waals surface area contributed by atoms with Crippen molar-refractivity contribution in [3.05, 3.63) is 11.8 Å². The summed E-state index contributed by atoms with van der Waals surface area (Å²) in [4.78, 5) is 13.5. The number of carbonyl (C=O) groups excluding carboxylic acids is 1. The lowest BCUT2D eigenvalue weighted by Crippen LogP contribution is -2.24. The van der Waals surface area contributed by atoms with Crippen molar-refractivity contribution >= 4 is 5.78 Å². The Labute approximate surface area is 80.6 Å². The third-order valence-electron chi connectivity index (χ3n) is 2.47. The summed E-state index contributed by atoms with van der Waals surface area (Å²) < 4.78 is 0. The zero-order chi connectivity index (χ0) is 10.1. The highest BCUT2D eigenvalue weighted by Crippen LogP contribution is 2.36. The first kappa shape index (κ1) is 10.3. The highest BCUT2D eigenvalue weighted by Gasteiger charge is 2.29. The van der Waals surface area contributed by atoms with Crippen molar-refractivity contribution in [2.75, 3.05) is 14.1 Å². The van der Waals surface area contributed by atoms with Gasteiger partial charge in [-0.25, -0.2) is 0 Å². The quantitative estimate of drug-likeness (QED) is 0.578. The molecule has 1 saturated carbocycles. The molecule has 0 aromatic carbocycles. The fraction of sp³-hybridized carbons (Fsp3) is 0.727.